The quantitative estimate of drug-likeness (QED) is 0.701. The number of rotatable bonds is 1. The zero-order valence-corrected chi connectivity index (χ0v) is 10.7. The lowest BCUT2D eigenvalue weighted by atomic mass is 10.2. The van der Waals surface area contributed by atoms with E-state index in [2.05, 4.69) is 9.97 Å². The van der Waals surface area contributed by atoms with Crippen LogP contribution in [0.1, 0.15) is 0 Å². The van der Waals surface area contributed by atoms with Crippen LogP contribution in [0.25, 0.3) is 16.6 Å². The minimum absolute atomic E-state index is 0.0847. The third kappa shape index (κ3) is 2.01. The van der Waals surface area contributed by atoms with E-state index < -0.39 is 17.2 Å². The van der Waals surface area contributed by atoms with Crippen LogP contribution in [0.2, 0.25) is 0 Å². The Hall–Kier alpha value is -2.41. The molecular weight excluding hydrogens is 284 g/mol. The molecule has 0 unspecified atom stereocenters. The molecule has 2 aromatic heterocycles. The normalized spacial score (nSPS) is 10.9. The lowest BCUT2D eigenvalue weighted by Crippen LogP contribution is -2.20. The number of aromatic amines is 1. The third-order valence-electron chi connectivity index (χ3n) is 2.81. The molecule has 0 spiro atoms. The first kappa shape index (κ1) is 12.6. The third-order valence-corrected chi connectivity index (χ3v) is 3.09. The number of fused-ring (bicyclic) bond motifs is 1. The van der Waals surface area contributed by atoms with Crippen LogP contribution in [0.4, 0.5) is 8.78 Å². The SMILES string of the molecule is O=c1c2cc(F)ccc2[nH]c(=S)n1-c1cncc(F)c1. The molecule has 3 rings (SSSR count). The standard InChI is InChI=1S/C13H7F2N3OS/c14-7-1-2-11-10(4-7)12(19)18(13(20)17-11)9-3-8(15)5-16-6-9/h1-6H,(H,17,20). The van der Waals surface area contributed by atoms with Gasteiger partial charge in [0, 0.05) is 6.07 Å². The summed E-state index contributed by atoms with van der Waals surface area (Å²) >= 11 is 5.09. The molecule has 20 heavy (non-hydrogen) atoms. The predicted molar refractivity (Wildman–Crippen MR) is 72.4 cm³/mol. The van der Waals surface area contributed by atoms with Crippen LogP contribution in [0.5, 0.6) is 0 Å². The van der Waals surface area contributed by atoms with Gasteiger partial charge in [-0.25, -0.2) is 8.78 Å². The molecule has 0 aliphatic heterocycles. The van der Waals surface area contributed by atoms with Crippen molar-refractivity contribution in [2.24, 2.45) is 0 Å². The monoisotopic (exact) mass is 291 g/mol. The molecule has 0 aliphatic rings. The van der Waals surface area contributed by atoms with Gasteiger partial charge in [-0.05, 0) is 30.4 Å². The number of H-pyrrole nitrogens is 1. The second-order valence-corrected chi connectivity index (χ2v) is 4.51. The van der Waals surface area contributed by atoms with E-state index in [9.17, 15) is 13.6 Å². The van der Waals surface area contributed by atoms with E-state index in [4.69, 9.17) is 12.2 Å². The maximum absolute atomic E-state index is 13.3. The van der Waals surface area contributed by atoms with Gasteiger partial charge in [-0.1, -0.05) is 0 Å². The van der Waals surface area contributed by atoms with Crippen molar-refractivity contribution < 1.29 is 8.78 Å². The second kappa shape index (κ2) is 4.61. The summed E-state index contributed by atoms with van der Waals surface area (Å²) < 4.78 is 27.6. The van der Waals surface area contributed by atoms with Crippen LogP contribution in [-0.2, 0) is 0 Å². The number of nitrogens with zero attached hydrogens (tertiary/aromatic N) is 2. The largest absolute Gasteiger partial charge is 0.331 e. The lowest BCUT2D eigenvalue weighted by Gasteiger charge is -2.07. The van der Waals surface area contributed by atoms with Crippen LogP contribution in [0.15, 0.2) is 41.5 Å². The Bertz CT molecular complexity index is 933. The van der Waals surface area contributed by atoms with Crippen LogP contribution >= 0.6 is 12.2 Å². The summed E-state index contributed by atoms with van der Waals surface area (Å²) in [6.07, 6.45) is 2.32. The van der Waals surface area contributed by atoms with E-state index in [-0.39, 0.29) is 15.8 Å². The summed E-state index contributed by atoms with van der Waals surface area (Å²) in [5, 5.41) is 0.128. The van der Waals surface area contributed by atoms with Gasteiger partial charge in [0.1, 0.15) is 11.6 Å². The molecule has 0 saturated carbocycles. The summed E-state index contributed by atoms with van der Waals surface area (Å²) in [6.45, 7) is 0. The van der Waals surface area contributed by atoms with Crippen LogP contribution in [0.3, 0.4) is 0 Å². The summed E-state index contributed by atoms with van der Waals surface area (Å²) in [5.74, 6) is -1.13. The van der Waals surface area contributed by atoms with E-state index in [0.717, 1.165) is 22.9 Å². The summed E-state index contributed by atoms with van der Waals surface area (Å²) in [6, 6.07) is 4.88. The molecule has 0 saturated heterocycles. The average molecular weight is 291 g/mol. The average Bonchev–Trinajstić information content (AvgIpc) is 2.40. The Morgan fingerprint density at radius 2 is 1.95 bits per heavy atom. The number of pyridine rings is 1. The fourth-order valence-electron chi connectivity index (χ4n) is 1.94. The molecular formula is C13H7F2N3OS. The fraction of sp³-hybridized carbons (Fsp3) is 0. The molecule has 3 aromatic rings. The number of benzene rings is 1. The maximum Gasteiger partial charge on any atom is 0.266 e. The number of hydrogen-bond acceptors (Lipinski definition) is 3. The van der Waals surface area contributed by atoms with Gasteiger partial charge < -0.3 is 4.98 Å². The summed E-state index contributed by atoms with van der Waals surface area (Å²) in [4.78, 5) is 18.8. The van der Waals surface area contributed by atoms with E-state index in [1.165, 1.54) is 18.3 Å². The number of nitrogens with one attached hydrogen (secondary N) is 1. The highest BCUT2D eigenvalue weighted by molar-refractivity contribution is 7.71. The minimum atomic E-state index is -0.594. The van der Waals surface area contributed by atoms with Crippen molar-refractivity contribution in [1.82, 2.24) is 14.5 Å². The van der Waals surface area contributed by atoms with Crippen molar-refractivity contribution >= 4 is 23.1 Å². The Labute approximate surface area is 116 Å². The highest BCUT2D eigenvalue weighted by Crippen LogP contribution is 2.12. The van der Waals surface area contributed by atoms with Crippen molar-refractivity contribution in [2.45, 2.75) is 0 Å². The van der Waals surface area contributed by atoms with Crippen molar-refractivity contribution in [3.63, 3.8) is 0 Å². The van der Waals surface area contributed by atoms with Gasteiger partial charge in [0.25, 0.3) is 5.56 Å². The van der Waals surface area contributed by atoms with Crippen LogP contribution < -0.4 is 5.56 Å². The summed E-state index contributed by atoms with van der Waals surface area (Å²) in [7, 11) is 0. The molecule has 0 bridgehead atoms. The fourth-order valence-corrected chi connectivity index (χ4v) is 2.24. The van der Waals surface area contributed by atoms with E-state index >= 15 is 0 Å². The lowest BCUT2D eigenvalue weighted by molar-refractivity contribution is 0.619. The molecule has 1 N–H and O–H groups in total. The van der Waals surface area contributed by atoms with Gasteiger partial charge in [-0.2, -0.15) is 0 Å². The number of aromatic nitrogens is 3. The van der Waals surface area contributed by atoms with Gasteiger partial charge in [0.05, 0.1) is 29.0 Å². The maximum atomic E-state index is 13.3. The Morgan fingerprint density at radius 3 is 2.70 bits per heavy atom. The smallest absolute Gasteiger partial charge is 0.266 e. The van der Waals surface area contributed by atoms with Crippen LogP contribution in [0, 0.1) is 16.4 Å². The van der Waals surface area contributed by atoms with Gasteiger partial charge in [0.2, 0.25) is 0 Å². The van der Waals surface area contributed by atoms with Gasteiger partial charge >= 0.3 is 0 Å². The first-order valence-electron chi connectivity index (χ1n) is 5.62. The molecule has 100 valence electrons. The topological polar surface area (TPSA) is 50.7 Å². The Morgan fingerprint density at radius 1 is 1.15 bits per heavy atom. The second-order valence-electron chi connectivity index (χ2n) is 4.12. The van der Waals surface area contributed by atoms with Gasteiger partial charge in [-0.3, -0.25) is 14.3 Å². The van der Waals surface area contributed by atoms with Crippen LogP contribution in [-0.4, -0.2) is 14.5 Å². The molecule has 4 nitrogen and oxygen atoms in total. The molecule has 0 aliphatic carbocycles. The first-order chi connectivity index (χ1) is 9.56. The molecule has 0 amide bonds. The zero-order valence-electron chi connectivity index (χ0n) is 9.93. The zero-order chi connectivity index (χ0) is 14.3. The molecule has 0 atom stereocenters. The highest BCUT2D eigenvalue weighted by Gasteiger charge is 2.09. The Kier molecular flexibility index (Phi) is 2.90. The first-order valence-corrected chi connectivity index (χ1v) is 6.02. The minimum Gasteiger partial charge on any atom is -0.331 e. The molecule has 2 heterocycles. The predicted octanol–water partition coefficient (Wildman–Crippen LogP) is 2.72. The number of halogens is 2. The Balaban J connectivity index is 2.42. The van der Waals surface area contributed by atoms with Crippen molar-refractivity contribution in [1.29, 1.82) is 0 Å². The molecule has 7 heteroatoms. The van der Waals surface area contributed by atoms with E-state index in [0.29, 0.717) is 5.52 Å². The van der Waals surface area contributed by atoms with E-state index in [1.54, 1.807) is 0 Å². The highest BCUT2D eigenvalue weighted by atomic mass is 32.1. The molecule has 0 radical (unpaired) electrons. The van der Waals surface area contributed by atoms with Gasteiger partial charge in [0.15, 0.2) is 4.77 Å². The van der Waals surface area contributed by atoms with Crippen molar-refractivity contribution in [2.75, 3.05) is 0 Å². The molecule has 1 aromatic carbocycles. The van der Waals surface area contributed by atoms with E-state index in [1.807, 2.05) is 0 Å². The molecule has 0 fully saturated rings. The van der Waals surface area contributed by atoms with Crippen molar-refractivity contribution in [3.05, 3.63) is 63.4 Å². The number of hydrogen-bond donors (Lipinski definition) is 1. The summed E-state index contributed by atoms with van der Waals surface area (Å²) in [5.41, 5.74) is 0.0695. The van der Waals surface area contributed by atoms with Crippen molar-refractivity contribution in [3.8, 4) is 5.69 Å². The van der Waals surface area contributed by atoms with Gasteiger partial charge in [-0.15, -0.1) is 0 Å².